The van der Waals surface area contributed by atoms with E-state index >= 15 is 0 Å². The molecule has 3 rings (SSSR count). The van der Waals surface area contributed by atoms with Crippen LogP contribution in [0.15, 0.2) is 36.4 Å². The summed E-state index contributed by atoms with van der Waals surface area (Å²) in [6.45, 7) is 2.32. The van der Waals surface area contributed by atoms with E-state index in [-0.39, 0.29) is 24.5 Å². The summed E-state index contributed by atoms with van der Waals surface area (Å²) in [5.41, 5.74) is 12.9. The third-order valence-corrected chi connectivity index (χ3v) is 6.18. The molecule has 0 aliphatic carbocycles. The lowest BCUT2D eigenvalue weighted by Crippen LogP contribution is -2.61. The van der Waals surface area contributed by atoms with Crippen molar-refractivity contribution in [2.24, 2.45) is 0 Å². The summed E-state index contributed by atoms with van der Waals surface area (Å²) in [5, 5.41) is 21.9. The summed E-state index contributed by atoms with van der Waals surface area (Å²) in [7, 11) is 4.83. The van der Waals surface area contributed by atoms with Gasteiger partial charge in [0, 0.05) is 25.2 Å². The maximum absolute atomic E-state index is 12.7. The van der Waals surface area contributed by atoms with Crippen LogP contribution >= 0.6 is 0 Å². The molecule has 0 aromatic heterocycles. The zero-order valence-corrected chi connectivity index (χ0v) is 20.2. The van der Waals surface area contributed by atoms with E-state index < -0.39 is 11.8 Å². The molecule has 0 bridgehead atoms. The molecular formula is C23H33N6O6+. The first-order valence-corrected chi connectivity index (χ1v) is 11.0. The number of quaternary nitrogens is 1. The first-order valence-electron chi connectivity index (χ1n) is 11.0. The summed E-state index contributed by atoms with van der Waals surface area (Å²) in [5.74, 6) is -0.241. The van der Waals surface area contributed by atoms with Crippen LogP contribution in [-0.2, 0) is 9.59 Å². The fourth-order valence-electron chi connectivity index (χ4n) is 3.91. The number of benzene rings is 2. The molecule has 12 heteroatoms. The van der Waals surface area contributed by atoms with Crippen molar-refractivity contribution in [3.63, 3.8) is 0 Å². The van der Waals surface area contributed by atoms with Gasteiger partial charge in [0.2, 0.25) is 0 Å². The number of methoxy groups -OCH3 is 2. The Morgan fingerprint density at radius 2 is 1.37 bits per heavy atom. The third-order valence-electron chi connectivity index (χ3n) is 6.18. The quantitative estimate of drug-likeness (QED) is 0.182. The Hall–Kier alpha value is -3.58. The highest BCUT2D eigenvalue weighted by Crippen LogP contribution is 2.28. The van der Waals surface area contributed by atoms with Gasteiger partial charge in [0.25, 0.3) is 5.91 Å². The van der Waals surface area contributed by atoms with Crippen molar-refractivity contribution in [1.29, 1.82) is 0 Å². The molecule has 1 aliphatic rings. The number of hydrogen-bond acceptors (Lipinski definition) is 9. The highest BCUT2D eigenvalue weighted by molar-refractivity contribution is 5.93. The predicted molar refractivity (Wildman–Crippen MR) is 131 cm³/mol. The molecule has 1 aliphatic heterocycles. The number of hydrogen-bond donors (Lipinski definition) is 4. The Bertz CT molecular complexity index is 1070. The van der Waals surface area contributed by atoms with Gasteiger partial charge < -0.3 is 25.4 Å². The number of carbonyl (C=O) groups excluding carboxylic acids is 2. The zero-order valence-electron chi connectivity index (χ0n) is 20.2. The van der Waals surface area contributed by atoms with Gasteiger partial charge in [-0.15, -0.1) is 0 Å². The molecule has 0 spiro atoms. The van der Waals surface area contributed by atoms with Gasteiger partial charge in [0.1, 0.15) is 11.5 Å². The third kappa shape index (κ3) is 6.11. The Morgan fingerprint density at radius 3 is 1.83 bits per heavy atom. The lowest BCUT2D eigenvalue weighted by Gasteiger charge is -2.41. The SMILES string of the molecule is COc1cc(N(O)C(=O)CN2CC[N+](C)(CC(=O)N(O)c3ccc(N)c(OC)c3)CC2)ccc1N. The van der Waals surface area contributed by atoms with Crippen LogP contribution < -0.4 is 31.1 Å². The number of anilines is 4. The average molecular weight is 490 g/mol. The number of piperazine rings is 1. The van der Waals surface area contributed by atoms with E-state index in [0.29, 0.717) is 63.7 Å². The van der Waals surface area contributed by atoms with Gasteiger partial charge in [-0.05, 0) is 24.3 Å². The van der Waals surface area contributed by atoms with Crippen LogP contribution in [0.2, 0.25) is 0 Å². The second-order valence-corrected chi connectivity index (χ2v) is 8.76. The van der Waals surface area contributed by atoms with E-state index in [0.717, 1.165) is 0 Å². The molecule has 2 amide bonds. The van der Waals surface area contributed by atoms with Gasteiger partial charge >= 0.3 is 5.91 Å². The number of nitrogen functional groups attached to an aromatic ring is 2. The van der Waals surface area contributed by atoms with Crippen LogP contribution in [0.25, 0.3) is 0 Å². The first kappa shape index (κ1) is 26.0. The lowest BCUT2D eigenvalue weighted by atomic mass is 10.2. The molecule has 1 saturated heterocycles. The van der Waals surface area contributed by atoms with Gasteiger partial charge in [-0.25, -0.2) is 0 Å². The Morgan fingerprint density at radius 1 is 0.914 bits per heavy atom. The highest BCUT2D eigenvalue weighted by Gasteiger charge is 2.34. The van der Waals surface area contributed by atoms with E-state index in [4.69, 9.17) is 20.9 Å². The van der Waals surface area contributed by atoms with Crippen LogP contribution in [0.4, 0.5) is 22.7 Å². The standard InChI is InChI=1S/C23H33N6O6/c1-29(15-23(31)28(33)17-5-7-19(25)21(13-17)35-3)10-8-26(9-11-29)14-22(30)27(32)16-4-6-18(24)20(12-16)34-2/h4-7,12-13,32-33H,8-11,14-15,24-25H2,1-3H3/q+1. The molecule has 35 heavy (non-hydrogen) atoms. The lowest BCUT2D eigenvalue weighted by molar-refractivity contribution is -0.906. The Kier molecular flexibility index (Phi) is 8.02. The number of nitrogens with two attached hydrogens (primary N) is 2. The van der Waals surface area contributed by atoms with Gasteiger partial charge in [0.15, 0.2) is 6.54 Å². The highest BCUT2D eigenvalue weighted by atomic mass is 16.5. The molecule has 1 heterocycles. The molecule has 0 unspecified atom stereocenters. The minimum absolute atomic E-state index is 0.00843. The second kappa shape index (κ2) is 10.8. The normalized spacial score (nSPS) is 15.3. The fraction of sp³-hybridized carbons (Fsp3) is 0.391. The van der Waals surface area contributed by atoms with Crippen LogP contribution in [0.1, 0.15) is 0 Å². The maximum atomic E-state index is 12.7. The van der Waals surface area contributed by atoms with Gasteiger partial charge in [-0.3, -0.25) is 24.9 Å². The van der Waals surface area contributed by atoms with Gasteiger partial charge in [0.05, 0.1) is 63.7 Å². The van der Waals surface area contributed by atoms with E-state index in [1.165, 1.54) is 38.5 Å². The number of carbonyl (C=O) groups is 2. The number of rotatable bonds is 8. The van der Waals surface area contributed by atoms with E-state index in [1.807, 2.05) is 11.9 Å². The van der Waals surface area contributed by atoms with Crippen LogP contribution in [-0.4, -0.2) is 92.1 Å². The number of ether oxygens (including phenoxy) is 2. The van der Waals surface area contributed by atoms with Crippen molar-refractivity contribution < 1.29 is 34.0 Å². The van der Waals surface area contributed by atoms with Crippen molar-refractivity contribution in [1.82, 2.24) is 4.90 Å². The van der Waals surface area contributed by atoms with E-state index in [2.05, 4.69) is 0 Å². The summed E-state index contributed by atoms with van der Waals surface area (Å²) >= 11 is 0. The van der Waals surface area contributed by atoms with Gasteiger partial charge in [-0.1, -0.05) is 0 Å². The monoisotopic (exact) mass is 489 g/mol. The Labute approximate surface area is 203 Å². The Balaban J connectivity index is 1.54. The van der Waals surface area contributed by atoms with Crippen molar-refractivity contribution >= 4 is 34.6 Å². The maximum Gasteiger partial charge on any atom is 0.305 e. The summed E-state index contributed by atoms with van der Waals surface area (Å²) < 4.78 is 10.7. The molecular weight excluding hydrogens is 456 g/mol. The smallest absolute Gasteiger partial charge is 0.305 e. The molecule has 0 saturated carbocycles. The minimum atomic E-state index is -0.497. The molecule has 12 nitrogen and oxygen atoms in total. The zero-order chi connectivity index (χ0) is 25.8. The van der Waals surface area contributed by atoms with E-state index in [9.17, 15) is 20.0 Å². The summed E-state index contributed by atoms with van der Waals surface area (Å²) in [4.78, 5) is 27.3. The number of nitrogens with zero attached hydrogens (tertiary/aromatic N) is 4. The predicted octanol–water partition coefficient (Wildman–Crippen LogP) is 0.775. The molecule has 190 valence electrons. The average Bonchev–Trinajstić information content (AvgIpc) is 2.85. The molecule has 0 radical (unpaired) electrons. The summed E-state index contributed by atoms with van der Waals surface area (Å²) in [6.07, 6.45) is 0. The fourth-order valence-corrected chi connectivity index (χ4v) is 3.91. The van der Waals surface area contributed by atoms with Gasteiger partial charge in [-0.2, -0.15) is 10.1 Å². The van der Waals surface area contributed by atoms with E-state index in [1.54, 1.807) is 12.1 Å². The molecule has 2 aromatic carbocycles. The van der Waals surface area contributed by atoms with Crippen molar-refractivity contribution in [3.8, 4) is 11.5 Å². The minimum Gasteiger partial charge on any atom is -0.495 e. The molecule has 0 atom stereocenters. The number of likely N-dealkylation sites (N-methyl/N-ethyl adjacent to an activating group) is 1. The second-order valence-electron chi connectivity index (χ2n) is 8.76. The van der Waals surface area contributed by atoms with Crippen molar-refractivity contribution in [2.45, 2.75) is 0 Å². The molecule has 2 aromatic rings. The molecule has 1 fully saturated rings. The largest absolute Gasteiger partial charge is 0.495 e. The first-order chi connectivity index (χ1) is 16.6. The van der Waals surface area contributed by atoms with Crippen LogP contribution in [0.3, 0.4) is 0 Å². The van der Waals surface area contributed by atoms with Crippen LogP contribution in [0.5, 0.6) is 11.5 Å². The topological polar surface area (TPSA) is 155 Å². The summed E-state index contributed by atoms with van der Waals surface area (Å²) in [6, 6.07) is 9.16. The van der Waals surface area contributed by atoms with Crippen molar-refractivity contribution in [3.05, 3.63) is 36.4 Å². The van der Waals surface area contributed by atoms with Crippen LogP contribution in [0, 0.1) is 0 Å². The van der Waals surface area contributed by atoms with Crippen molar-refractivity contribution in [2.75, 3.05) is 82.1 Å². The number of amides is 2. The molecule has 6 N–H and O–H groups in total. The number of hydroxylamine groups is 2.